The Balaban J connectivity index is 1.97. The summed E-state index contributed by atoms with van der Waals surface area (Å²) in [5.74, 6) is 0.141. The topological polar surface area (TPSA) is 89.5 Å². The van der Waals surface area contributed by atoms with Gasteiger partial charge in [-0.3, -0.25) is 14.9 Å². The molecule has 1 fully saturated rings. The largest absolute Gasteiger partial charge is 0.341 e. The lowest BCUT2D eigenvalue weighted by molar-refractivity contribution is -0.384. The van der Waals surface area contributed by atoms with E-state index in [9.17, 15) is 14.9 Å². The van der Waals surface area contributed by atoms with Gasteiger partial charge >= 0.3 is 0 Å². The fourth-order valence-electron chi connectivity index (χ4n) is 2.80. The molecule has 0 atom stereocenters. The molecule has 114 valence electrons. The standard InChI is InChI=1S/C15H21N3O3/c1-17(15(19)12-5-7-13(16)8-6-12)10-11-3-2-4-14(9-11)18(20)21/h2-4,9,12-13H,5-8,10,16H2,1H3. The van der Waals surface area contributed by atoms with Crippen LogP contribution in [0.4, 0.5) is 5.69 Å². The van der Waals surface area contributed by atoms with Crippen LogP contribution in [0.5, 0.6) is 0 Å². The molecule has 1 aromatic carbocycles. The summed E-state index contributed by atoms with van der Waals surface area (Å²) in [6.45, 7) is 0.392. The monoisotopic (exact) mass is 291 g/mol. The molecular formula is C15H21N3O3. The predicted octanol–water partition coefficient (Wildman–Crippen LogP) is 2.07. The molecule has 2 N–H and O–H groups in total. The first-order valence-electron chi connectivity index (χ1n) is 7.21. The highest BCUT2D eigenvalue weighted by Gasteiger charge is 2.26. The molecule has 6 nitrogen and oxygen atoms in total. The number of hydrogen-bond acceptors (Lipinski definition) is 4. The van der Waals surface area contributed by atoms with Crippen LogP contribution in [-0.2, 0) is 11.3 Å². The number of non-ortho nitro benzene ring substituents is 1. The lowest BCUT2D eigenvalue weighted by atomic mass is 9.85. The fraction of sp³-hybridized carbons (Fsp3) is 0.533. The summed E-state index contributed by atoms with van der Waals surface area (Å²) in [6, 6.07) is 6.63. The van der Waals surface area contributed by atoms with E-state index in [1.807, 2.05) is 0 Å². The highest BCUT2D eigenvalue weighted by atomic mass is 16.6. The minimum absolute atomic E-state index is 0.0356. The molecular weight excluding hydrogens is 270 g/mol. The molecule has 0 bridgehead atoms. The highest BCUT2D eigenvalue weighted by Crippen LogP contribution is 2.25. The Morgan fingerprint density at radius 2 is 2.05 bits per heavy atom. The van der Waals surface area contributed by atoms with Crippen molar-refractivity contribution in [3.8, 4) is 0 Å². The van der Waals surface area contributed by atoms with Crippen molar-refractivity contribution in [1.82, 2.24) is 4.90 Å². The van der Waals surface area contributed by atoms with E-state index in [0.717, 1.165) is 31.2 Å². The number of carbonyl (C=O) groups excluding carboxylic acids is 1. The van der Waals surface area contributed by atoms with Gasteiger partial charge in [-0.2, -0.15) is 0 Å². The Hall–Kier alpha value is -1.95. The lowest BCUT2D eigenvalue weighted by Gasteiger charge is -2.29. The number of carbonyl (C=O) groups is 1. The Labute approximate surface area is 124 Å². The summed E-state index contributed by atoms with van der Waals surface area (Å²) < 4.78 is 0. The zero-order valence-corrected chi connectivity index (χ0v) is 12.2. The Kier molecular flexibility index (Phi) is 4.90. The summed E-state index contributed by atoms with van der Waals surface area (Å²) in [4.78, 5) is 24.4. The maximum absolute atomic E-state index is 12.4. The van der Waals surface area contributed by atoms with Crippen molar-refractivity contribution in [1.29, 1.82) is 0 Å². The van der Waals surface area contributed by atoms with Crippen molar-refractivity contribution < 1.29 is 9.72 Å². The normalized spacial score (nSPS) is 21.8. The SMILES string of the molecule is CN(Cc1cccc([N+](=O)[O-])c1)C(=O)C1CCC(N)CC1. The molecule has 1 saturated carbocycles. The summed E-state index contributed by atoms with van der Waals surface area (Å²) >= 11 is 0. The van der Waals surface area contributed by atoms with Crippen LogP contribution in [0, 0.1) is 16.0 Å². The molecule has 0 saturated heterocycles. The number of nitrogens with two attached hydrogens (primary N) is 1. The van der Waals surface area contributed by atoms with Crippen LogP contribution in [0.25, 0.3) is 0 Å². The van der Waals surface area contributed by atoms with Crippen molar-refractivity contribution in [2.24, 2.45) is 11.7 Å². The van der Waals surface area contributed by atoms with E-state index in [1.165, 1.54) is 12.1 Å². The lowest BCUT2D eigenvalue weighted by Crippen LogP contribution is -2.37. The van der Waals surface area contributed by atoms with E-state index < -0.39 is 4.92 Å². The minimum Gasteiger partial charge on any atom is -0.341 e. The molecule has 0 spiro atoms. The molecule has 21 heavy (non-hydrogen) atoms. The van der Waals surface area contributed by atoms with Crippen LogP contribution in [-0.4, -0.2) is 28.8 Å². The average Bonchev–Trinajstić information content (AvgIpc) is 2.47. The molecule has 0 unspecified atom stereocenters. The van der Waals surface area contributed by atoms with E-state index in [1.54, 1.807) is 24.1 Å². The molecule has 0 heterocycles. The zero-order chi connectivity index (χ0) is 15.4. The van der Waals surface area contributed by atoms with E-state index in [-0.39, 0.29) is 23.6 Å². The Morgan fingerprint density at radius 1 is 1.38 bits per heavy atom. The van der Waals surface area contributed by atoms with Gasteiger partial charge in [-0.25, -0.2) is 0 Å². The number of rotatable bonds is 4. The number of benzene rings is 1. The van der Waals surface area contributed by atoms with Crippen LogP contribution in [0.3, 0.4) is 0 Å². The molecule has 1 aliphatic rings. The fourth-order valence-corrected chi connectivity index (χ4v) is 2.80. The Morgan fingerprint density at radius 3 is 2.67 bits per heavy atom. The second-order valence-electron chi connectivity index (χ2n) is 5.73. The van der Waals surface area contributed by atoms with Gasteiger partial charge in [0.1, 0.15) is 0 Å². The second-order valence-corrected chi connectivity index (χ2v) is 5.73. The molecule has 0 aliphatic heterocycles. The molecule has 1 aliphatic carbocycles. The first-order valence-corrected chi connectivity index (χ1v) is 7.21. The van der Waals surface area contributed by atoms with Gasteiger partial charge in [0.2, 0.25) is 5.91 Å². The third-order valence-corrected chi connectivity index (χ3v) is 4.04. The van der Waals surface area contributed by atoms with Gasteiger partial charge in [0.15, 0.2) is 0 Å². The molecule has 6 heteroatoms. The van der Waals surface area contributed by atoms with Gasteiger partial charge in [0.05, 0.1) is 4.92 Å². The van der Waals surface area contributed by atoms with Gasteiger partial charge < -0.3 is 10.6 Å². The summed E-state index contributed by atoms with van der Waals surface area (Å²) in [5, 5.41) is 10.8. The summed E-state index contributed by atoms with van der Waals surface area (Å²) in [6.07, 6.45) is 3.45. The van der Waals surface area contributed by atoms with Crippen molar-refractivity contribution in [2.45, 2.75) is 38.3 Å². The highest BCUT2D eigenvalue weighted by molar-refractivity contribution is 5.78. The van der Waals surface area contributed by atoms with E-state index >= 15 is 0 Å². The van der Waals surface area contributed by atoms with Crippen LogP contribution in [0.1, 0.15) is 31.2 Å². The predicted molar refractivity (Wildman–Crippen MR) is 79.5 cm³/mol. The third-order valence-electron chi connectivity index (χ3n) is 4.04. The third kappa shape index (κ3) is 4.01. The molecule has 1 amide bonds. The second kappa shape index (κ2) is 6.67. The number of amides is 1. The first-order chi connectivity index (χ1) is 9.97. The number of nitro benzene ring substituents is 1. The quantitative estimate of drug-likeness (QED) is 0.679. The van der Waals surface area contributed by atoms with Crippen LogP contribution in [0.15, 0.2) is 24.3 Å². The van der Waals surface area contributed by atoms with Crippen molar-refractivity contribution >= 4 is 11.6 Å². The maximum atomic E-state index is 12.4. The average molecular weight is 291 g/mol. The van der Waals surface area contributed by atoms with Gasteiger partial charge in [-0.1, -0.05) is 12.1 Å². The molecule has 0 radical (unpaired) electrons. The molecule has 1 aromatic rings. The number of nitro groups is 1. The van der Waals surface area contributed by atoms with Gasteiger partial charge in [-0.05, 0) is 31.2 Å². The first kappa shape index (κ1) is 15.4. The van der Waals surface area contributed by atoms with E-state index in [4.69, 9.17) is 5.73 Å². The zero-order valence-electron chi connectivity index (χ0n) is 12.2. The van der Waals surface area contributed by atoms with Crippen LogP contribution < -0.4 is 5.73 Å². The van der Waals surface area contributed by atoms with E-state index in [2.05, 4.69) is 0 Å². The maximum Gasteiger partial charge on any atom is 0.269 e. The van der Waals surface area contributed by atoms with Crippen LogP contribution in [0.2, 0.25) is 0 Å². The van der Waals surface area contributed by atoms with Crippen molar-refractivity contribution in [3.63, 3.8) is 0 Å². The molecule has 0 aromatic heterocycles. The smallest absolute Gasteiger partial charge is 0.269 e. The van der Waals surface area contributed by atoms with Gasteiger partial charge in [-0.15, -0.1) is 0 Å². The minimum atomic E-state index is -0.423. The van der Waals surface area contributed by atoms with E-state index in [0.29, 0.717) is 6.54 Å². The number of nitrogens with zero attached hydrogens (tertiary/aromatic N) is 2. The van der Waals surface area contributed by atoms with Crippen LogP contribution >= 0.6 is 0 Å². The summed E-state index contributed by atoms with van der Waals surface area (Å²) in [7, 11) is 1.75. The van der Waals surface area contributed by atoms with Crippen molar-refractivity contribution in [2.75, 3.05) is 7.05 Å². The van der Waals surface area contributed by atoms with Gasteiger partial charge in [0, 0.05) is 37.7 Å². The van der Waals surface area contributed by atoms with Crippen molar-refractivity contribution in [3.05, 3.63) is 39.9 Å². The molecule has 2 rings (SSSR count). The Bertz CT molecular complexity index is 525. The van der Waals surface area contributed by atoms with Gasteiger partial charge in [0.25, 0.3) is 5.69 Å². The number of hydrogen-bond donors (Lipinski definition) is 1. The summed E-state index contributed by atoms with van der Waals surface area (Å²) in [5.41, 5.74) is 6.68.